The standard InChI is InChI=1S/C20H22N4/c1-5-9-15-14(4)16(12-21)20-23-17-10-7-8-11-18(17)24(20)19(15)22-13(3)6-2/h5,7-8,10-11,13,22H,1,6,9H2,2-4H3. The Bertz CT molecular complexity index is 959. The molecule has 1 unspecified atom stereocenters. The number of hydrogen-bond donors (Lipinski definition) is 1. The highest BCUT2D eigenvalue weighted by Crippen LogP contribution is 2.31. The molecule has 0 amide bonds. The minimum atomic E-state index is 0.324. The SMILES string of the molecule is C=CCc1c(C)c(C#N)c2nc3ccccc3n2c1NC(C)CC. The second-order valence-electron chi connectivity index (χ2n) is 6.14. The van der Waals surface area contributed by atoms with Crippen LogP contribution in [0.2, 0.25) is 0 Å². The van der Waals surface area contributed by atoms with E-state index < -0.39 is 0 Å². The van der Waals surface area contributed by atoms with Crippen LogP contribution >= 0.6 is 0 Å². The Labute approximate surface area is 142 Å². The van der Waals surface area contributed by atoms with Gasteiger partial charge in [-0.2, -0.15) is 5.26 Å². The fraction of sp³-hybridized carbons (Fsp3) is 0.300. The summed E-state index contributed by atoms with van der Waals surface area (Å²) in [6, 6.07) is 10.7. The zero-order chi connectivity index (χ0) is 17.3. The van der Waals surface area contributed by atoms with Gasteiger partial charge in [-0.15, -0.1) is 6.58 Å². The summed E-state index contributed by atoms with van der Waals surface area (Å²) in [5.74, 6) is 1.02. The van der Waals surface area contributed by atoms with Gasteiger partial charge in [0, 0.05) is 11.6 Å². The van der Waals surface area contributed by atoms with Gasteiger partial charge in [-0.1, -0.05) is 25.1 Å². The zero-order valence-electron chi connectivity index (χ0n) is 14.4. The van der Waals surface area contributed by atoms with E-state index in [1.54, 1.807) is 0 Å². The van der Waals surface area contributed by atoms with Crippen LogP contribution in [-0.4, -0.2) is 15.4 Å². The van der Waals surface area contributed by atoms with E-state index in [-0.39, 0.29) is 0 Å². The lowest BCUT2D eigenvalue weighted by Gasteiger charge is -2.21. The van der Waals surface area contributed by atoms with Crippen molar-refractivity contribution >= 4 is 22.5 Å². The average Bonchev–Trinajstić information content (AvgIpc) is 2.97. The number of pyridine rings is 1. The second-order valence-corrected chi connectivity index (χ2v) is 6.14. The first-order valence-corrected chi connectivity index (χ1v) is 8.32. The molecular formula is C20H22N4. The third-order valence-electron chi connectivity index (χ3n) is 4.58. The lowest BCUT2D eigenvalue weighted by atomic mass is 10.0. The summed E-state index contributed by atoms with van der Waals surface area (Å²) in [6.07, 6.45) is 3.61. The maximum Gasteiger partial charge on any atom is 0.157 e. The van der Waals surface area contributed by atoms with Crippen LogP contribution in [0.3, 0.4) is 0 Å². The van der Waals surface area contributed by atoms with E-state index in [1.807, 2.05) is 37.3 Å². The maximum absolute atomic E-state index is 9.70. The summed E-state index contributed by atoms with van der Waals surface area (Å²) in [7, 11) is 0. The third kappa shape index (κ3) is 2.43. The molecule has 4 nitrogen and oxygen atoms in total. The van der Waals surface area contributed by atoms with Gasteiger partial charge in [0.15, 0.2) is 5.65 Å². The van der Waals surface area contributed by atoms with Crippen molar-refractivity contribution in [1.29, 1.82) is 5.26 Å². The maximum atomic E-state index is 9.70. The van der Waals surface area contributed by atoms with Gasteiger partial charge >= 0.3 is 0 Å². The van der Waals surface area contributed by atoms with Crippen LogP contribution < -0.4 is 5.32 Å². The number of imidazole rings is 1. The van der Waals surface area contributed by atoms with Gasteiger partial charge in [-0.25, -0.2) is 4.98 Å². The summed E-state index contributed by atoms with van der Waals surface area (Å²) in [6.45, 7) is 10.2. The molecule has 1 N–H and O–H groups in total. The van der Waals surface area contributed by atoms with E-state index in [9.17, 15) is 5.26 Å². The molecule has 1 atom stereocenters. The first kappa shape index (κ1) is 16.1. The molecule has 0 fully saturated rings. The van der Waals surface area contributed by atoms with E-state index >= 15 is 0 Å². The van der Waals surface area contributed by atoms with Gasteiger partial charge in [0.2, 0.25) is 0 Å². The molecule has 0 aliphatic rings. The number of hydrogen-bond acceptors (Lipinski definition) is 3. The van der Waals surface area contributed by atoms with Crippen molar-refractivity contribution < 1.29 is 0 Å². The highest BCUT2D eigenvalue weighted by atomic mass is 15.1. The van der Waals surface area contributed by atoms with Crippen LogP contribution in [-0.2, 0) is 6.42 Å². The highest BCUT2D eigenvalue weighted by Gasteiger charge is 2.20. The predicted octanol–water partition coefficient (Wildman–Crippen LogP) is 4.61. The molecule has 3 rings (SSSR count). The van der Waals surface area contributed by atoms with E-state index in [4.69, 9.17) is 4.98 Å². The molecule has 0 radical (unpaired) electrons. The van der Waals surface area contributed by atoms with Crippen LogP contribution in [0.15, 0.2) is 36.9 Å². The topological polar surface area (TPSA) is 53.1 Å². The monoisotopic (exact) mass is 318 g/mol. The van der Waals surface area contributed by atoms with Crippen molar-refractivity contribution in [1.82, 2.24) is 9.38 Å². The zero-order valence-corrected chi connectivity index (χ0v) is 14.4. The molecule has 0 bridgehead atoms. The summed E-state index contributed by atoms with van der Waals surface area (Å²) < 4.78 is 2.09. The highest BCUT2D eigenvalue weighted by molar-refractivity contribution is 5.86. The Morgan fingerprint density at radius 2 is 2.17 bits per heavy atom. The first-order chi connectivity index (χ1) is 11.6. The summed E-state index contributed by atoms with van der Waals surface area (Å²) >= 11 is 0. The van der Waals surface area contributed by atoms with E-state index in [2.05, 4.69) is 36.2 Å². The Kier molecular flexibility index (Phi) is 4.26. The van der Waals surface area contributed by atoms with Gasteiger partial charge in [0.1, 0.15) is 11.9 Å². The van der Waals surface area contributed by atoms with Crippen LogP contribution in [0.1, 0.15) is 37.0 Å². The number of nitrogens with one attached hydrogen (secondary N) is 1. The summed E-state index contributed by atoms with van der Waals surface area (Å²) in [5.41, 5.74) is 5.35. The molecule has 122 valence electrons. The Balaban J connectivity index is 2.48. The minimum absolute atomic E-state index is 0.324. The van der Waals surface area contributed by atoms with Gasteiger partial charge in [-0.05, 0) is 44.4 Å². The van der Waals surface area contributed by atoms with Crippen molar-refractivity contribution in [2.75, 3.05) is 5.32 Å². The van der Waals surface area contributed by atoms with Gasteiger partial charge in [0.25, 0.3) is 0 Å². The quantitative estimate of drug-likeness (QED) is 0.699. The first-order valence-electron chi connectivity index (χ1n) is 8.32. The lowest BCUT2D eigenvalue weighted by molar-refractivity contribution is 0.755. The number of allylic oxidation sites excluding steroid dienone is 1. The number of aromatic nitrogens is 2. The van der Waals surface area contributed by atoms with Gasteiger partial charge in [-0.3, -0.25) is 4.40 Å². The van der Waals surface area contributed by atoms with Crippen molar-refractivity contribution in [2.45, 2.75) is 39.7 Å². The van der Waals surface area contributed by atoms with Crippen LogP contribution in [0.5, 0.6) is 0 Å². The Morgan fingerprint density at radius 3 is 2.83 bits per heavy atom. The lowest BCUT2D eigenvalue weighted by Crippen LogP contribution is -2.19. The molecule has 1 aromatic carbocycles. The van der Waals surface area contributed by atoms with Gasteiger partial charge < -0.3 is 5.32 Å². The van der Waals surface area contributed by atoms with E-state index in [0.29, 0.717) is 18.0 Å². The fourth-order valence-electron chi connectivity index (χ4n) is 3.07. The largest absolute Gasteiger partial charge is 0.368 e. The number of nitrogens with zero attached hydrogens (tertiary/aromatic N) is 3. The number of para-hydroxylation sites is 2. The molecule has 0 saturated carbocycles. The Hall–Kier alpha value is -2.80. The van der Waals surface area contributed by atoms with Crippen molar-refractivity contribution in [2.24, 2.45) is 0 Å². The average molecular weight is 318 g/mol. The van der Waals surface area contributed by atoms with Crippen molar-refractivity contribution in [3.8, 4) is 6.07 Å². The molecule has 0 aliphatic heterocycles. The molecular weight excluding hydrogens is 296 g/mol. The van der Waals surface area contributed by atoms with Crippen LogP contribution in [0, 0.1) is 18.3 Å². The van der Waals surface area contributed by atoms with Crippen molar-refractivity contribution in [3.63, 3.8) is 0 Å². The van der Waals surface area contributed by atoms with E-state index in [1.165, 1.54) is 0 Å². The number of rotatable bonds is 5. The molecule has 0 aliphatic carbocycles. The molecule has 0 spiro atoms. The van der Waals surface area contributed by atoms with Crippen molar-refractivity contribution in [3.05, 3.63) is 53.6 Å². The number of nitriles is 1. The fourth-order valence-corrected chi connectivity index (χ4v) is 3.07. The molecule has 3 aromatic rings. The Morgan fingerprint density at radius 1 is 1.42 bits per heavy atom. The minimum Gasteiger partial charge on any atom is -0.368 e. The summed E-state index contributed by atoms with van der Waals surface area (Å²) in [5, 5.41) is 13.3. The molecule has 24 heavy (non-hydrogen) atoms. The molecule has 0 saturated heterocycles. The van der Waals surface area contributed by atoms with E-state index in [0.717, 1.165) is 40.0 Å². The van der Waals surface area contributed by atoms with Crippen LogP contribution in [0.4, 0.5) is 5.82 Å². The van der Waals surface area contributed by atoms with Crippen LogP contribution in [0.25, 0.3) is 16.7 Å². The second kappa shape index (κ2) is 6.37. The number of fused-ring (bicyclic) bond motifs is 3. The molecule has 4 heteroatoms. The third-order valence-corrected chi connectivity index (χ3v) is 4.58. The molecule has 2 heterocycles. The predicted molar refractivity (Wildman–Crippen MR) is 99.4 cm³/mol. The summed E-state index contributed by atoms with van der Waals surface area (Å²) in [4.78, 5) is 4.72. The normalized spacial score (nSPS) is 12.2. The molecule has 2 aromatic heterocycles. The number of benzene rings is 1. The number of anilines is 1. The van der Waals surface area contributed by atoms with Gasteiger partial charge in [0.05, 0.1) is 16.6 Å². The smallest absolute Gasteiger partial charge is 0.157 e.